The van der Waals surface area contributed by atoms with Crippen molar-refractivity contribution in [3.63, 3.8) is 0 Å². The quantitative estimate of drug-likeness (QED) is 0.749. The van der Waals surface area contributed by atoms with Crippen molar-refractivity contribution in [3.05, 3.63) is 53.6 Å². The predicted octanol–water partition coefficient (Wildman–Crippen LogP) is 3.70. The Morgan fingerprint density at radius 3 is 2.38 bits per heavy atom. The van der Waals surface area contributed by atoms with E-state index in [4.69, 9.17) is 9.47 Å². The smallest absolute Gasteiger partial charge is 0.244 e. The van der Waals surface area contributed by atoms with Gasteiger partial charge in [-0.1, -0.05) is 25.1 Å². The molecule has 5 nitrogen and oxygen atoms in total. The van der Waals surface area contributed by atoms with E-state index in [9.17, 15) is 8.42 Å². The minimum Gasteiger partial charge on any atom is -0.493 e. The van der Waals surface area contributed by atoms with Crippen LogP contribution < -0.4 is 9.47 Å². The van der Waals surface area contributed by atoms with Gasteiger partial charge in [0.1, 0.15) is 0 Å². The first-order valence-corrected chi connectivity index (χ1v) is 10.9. The summed E-state index contributed by atoms with van der Waals surface area (Å²) in [7, 11) is -0.397. The number of methoxy groups -OCH3 is 2. The standard InChI is InChI=1S/C19H23NO4S2/c1-4-14-5-8-16(9-6-14)26(21,22)20-11-12-25-19(20)15-7-10-17(23-2)18(13-15)24-3/h5-10,13,19H,4,11-12H2,1-3H3/t19-/m0/s1. The Morgan fingerprint density at radius 1 is 1.08 bits per heavy atom. The molecule has 1 fully saturated rings. The van der Waals surface area contributed by atoms with Crippen LogP contribution in [0.25, 0.3) is 0 Å². The number of ether oxygens (including phenoxy) is 2. The van der Waals surface area contributed by atoms with Crippen molar-refractivity contribution < 1.29 is 17.9 Å². The molecule has 1 heterocycles. The fourth-order valence-corrected chi connectivity index (χ4v) is 6.23. The number of nitrogens with zero attached hydrogens (tertiary/aromatic N) is 1. The van der Waals surface area contributed by atoms with E-state index < -0.39 is 10.0 Å². The number of sulfonamides is 1. The zero-order valence-corrected chi connectivity index (χ0v) is 16.8. The molecular formula is C19H23NO4S2. The molecule has 0 unspecified atom stereocenters. The molecule has 0 N–H and O–H groups in total. The van der Waals surface area contributed by atoms with Gasteiger partial charge in [0, 0.05) is 12.3 Å². The van der Waals surface area contributed by atoms with Gasteiger partial charge in [0.25, 0.3) is 0 Å². The van der Waals surface area contributed by atoms with Gasteiger partial charge < -0.3 is 9.47 Å². The molecule has 2 aromatic rings. The Hall–Kier alpha value is -1.70. The molecule has 3 rings (SSSR count). The van der Waals surface area contributed by atoms with Gasteiger partial charge in [-0.05, 0) is 41.8 Å². The second kappa shape index (κ2) is 7.90. The topological polar surface area (TPSA) is 55.8 Å². The molecule has 0 saturated carbocycles. The van der Waals surface area contributed by atoms with Crippen LogP contribution in [0.1, 0.15) is 23.4 Å². The van der Waals surface area contributed by atoms with Gasteiger partial charge in [0.15, 0.2) is 11.5 Å². The van der Waals surface area contributed by atoms with Crippen LogP contribution in [0.3, 0.4) is 0 Å². The molecule has 1 saturated heterocycles. The highest BCUT2D eigenvalue weighted by atomic mass is 32.2. The summed E-state index contributed by atoms with van der Waals surface area (Å²) in [5.41, 5.74) is 2.01. The Labute approximate surface area is 159 Å². The average Bonchev–Trinajstić information content (AvgIpc) is 3.18. The molecule has 1 aliphatic heterocycles. The minimum atomic E-state index is -3.56. The number of benzene rings is 2. The molecule has 1 aliphatic rings. The van der Waals surface area contributed by atoms with E-state index in [2.05, 4.69) is 0 Å². The summed E-state index contributed by atoms with van der Waals surface area (Å²) in [6.07, 6.45) is 0.883. The van der Waals surface area contributed by atoms with Crippen molar-refractivity contribution in [2.75, 3.05) is 26.5 Å². The summed E-state index contributed by atoms with van der Waals surface area (Å²) in [5, 5.41) is -0.273. The summed E-state index contributed by atoms with van der Waals surface area (Å²) in [5.74, 6) is 1.98. The van der Waals surface area contributed by atoms with E-state index in [1.807, 2.05) is 37.3 Å². The monoisotopic (exact) mass is 393 g/mol. The first-order valence-electron chi connectivity index (χ1n) is 8.45. The fraction of sp³-hybridized carbons (Fsp3) is 0.368. The van der Waals surface area contributed by atoms with Crippen LogP contribution >= 0.6 is 11.8 Å². The van der Waals surface area contributed by atoms with Gasteiger partial charge in [-0.2, -0.15) is 4.31 Å². The van der Waals surface area contributed by atoms with Crippen molar-refractivity contribution in [2.45, 2.75) is 23.6 Å². The van der Waals surface area contributed by atoms with E-state index in [1.54, 1.807) is 42.4 Å². The Kier molecular flexibility index (Phi) is 5.79. The van der Waals surface area contributed by atoms with Gasteiger partial charge >= 0.3 is 0 Å². The van der Waals surface area contributed by atoms with Gasteiger partial charge in [-0.25, -0.2) is 8.42 Å². The van der Waals surface area contributed by atoms with Crippen LogP contribution in [0.5, 0.6) is 11.5 Å². The van der Waals surface area contributed by atoms with E-state index in [-0.39, 0.29) is 5.37 Å². The summed E-state index contributed by atoms with van der Waals surface area (Å²) < 4.78 is 38.5. The second-order valence-corrected chi connectivity index (χ2v) is 9.03. The highest BCUT2D eigenvalue weighted by molar-refractivity contribution is 8.01. The summed E-state index contributed by atoms with van der Waals surface area (Å²) in [6, 6.07) is 12.7. The number of hydrogen-bond acceptors (Lipinski definition) is 5. The third-order valence-corrected chi connectivity index (χ3v) is 7.75. The highest BCUT2D eigenvalue weighted by Crippen LogP contribution is 2.43. The number of thioether (sulfide) groups is 1. The third kappa shape index (κ3) is 3.56. The maximum Gasteiger partial charge on any atom is 0.244 e. The molecule has 0 radical (unpaired) electrons. The van der Waals surface area contributed by atoms with Crippen molar-refractivity contribution in [2.24, 2.45) is 0 Å². The lowest BCUT2D eigenvalue weighted by atomic mass is 10.2. The molecule has 1 atom stereocenters. The molecule has 140 valence electrons. The van der Waals surface area contributed by atoms with Crippen LogP contribution in [0, 0.1) is 0 Å². The summed E-state index contributed by atoms with van der Waals surface area (Å²) in [6.45, 7) is 2.54. The molecule has 0 spiro atoms. The van der Waals surface area contributed by atoms with Gasteiger partial charge in [0.2, 0.25) is 10.0 Å². The first kappa shape index (κ1) is 19.1. The van der Waals surface area contributed by atoms with E-state index >= 15 is 0 Å². The molecule has 7 heteroatoms. The maximum atomic E-state index is 13.2. The third-order valence-electron chi connectivity index (χ3n) is 4.48. The van der Waals surface area contributed by atoms with E-state index in [0.717, 1.165) is 23.3 Å². The number of hydrogen-bond donors (Lipinski definition) is 0. The SMILES string of the molecule is CCc1ccc(S(=O)(=O)N2CCS[C@H]2c2ccc(OC)c(OC)c2)cc1. The highest BCUT2D eigenvalue weighted by Gasteiger charge is 2.37. The normalized spacial score (nSPS) is 18.0. The number of rotatable bonds is 6. The lowest BCUT2D eigenvalue weighted by molar-refractivity contribution is 0.353. The van der Waals surface area contributed by atoms with E-state index in [0.29, 0.717) is 22.9 Å². The van der Waals surface area contributed by atoms with Crippen molar-refractivity contribution in [1.82, 2.24) is 4.31 Å². The maximum absolute atomic E-state index is 13.2. The van der Waals surface area contributed by atoms with Crippen molar-refractivity contribution in [1.29, 1.82) is 0 Å². The van der Waals surface area contributed by atoms with Crippen LogP contribution in [-0.4, -0.2) is 39.2 Å². The minimum absolute atomic E-state index is 0.273. The van der Waals surface area contributed by atoms with Crippen LogP contribution in [0.4, 0.5) is 0 Å². The van der Waals surface area contributed by atoms with Crippen LogP contribution in [0.2, 0.25) is 0 Å². The predicted molar refractivity (Wildman–Crippen MR) is 104 cm³/mol. The van der Waals surface area contributed by atoms with Crippen LogP contribution in [0.15, 0.2) is 47.4 Å². The lowest BCUT2D eigenvalue weighted by Crippen LogP contribution is -2.30. The Balaban J connectivity index is 1.94. The molecule has 0 bridgehead atoms. The average molecular weight is 394 g/mol. The van der Waals surface area contributed by atoms with Crippen molar-refractivity contribution in [3.8, 4) is 11.5 Å². The van der Waals surface area contributed by atoms with E-state index in [1.165, 1.54) is 0 Å². The summed E-state index contributed by atoms with van der Waals surface area (Å²) >= 11 is 1.62. The zero-order valence-electron chi connectivity index (χ0n) is 15.1. The molecular weight excluding hydrogens is 370 g/mol. The first-order chi connectivity index (χ1) is 12.5. The number of aryl methyl sites for hydroxylation is 1. The summed E-state index contributed by atoms with van der Waals surface area (Å²) in [4.78, 5) is 0.336. The fourth-order valence-electron chi connectivity index (χ4n) is 3.00. The second-order valence-electron chi connectivity index (χ2n) is 5.95. The Morgan fingerprint density at radius 2 is 1.77 bits per heavy atom. The molecule has 0 aliphatic carbocycles. The van der Waals surface area contributed by atoms with Crippen LogP contribution in [-0.2, 0) is 16.4 Å². The van der Waals surface area contributed by atoms with Gasteiger partial charge in [0.05, 0.1) is 24.5 Å². The lowest BCUT2D eigenvalue weighted by Gasteiger charge is -2.24. The van der Waals surface area contributed by atoms with Crippen molar-refractivity contribution >= 4 is 21.8 Å². The van der Waals surface area contributed by atoms with Gasteiger partial charge in [-0.3, -0.25) is 0 Å². The van der Waals surface area contributed by atoms with Gasteiger partial charge in [-0.15, -0.1) is 11.8 Å². The molecule has 0 amide bonds. The molecule has 0 aromatic heterocycles. The Bertz CT molecular complexity index is 866. The largest absolute Gasteiger partial charge is 0.493 e. The molecule has 2 aromatic carbocycles. The zero-order chi connectivity index (χ0) is 18.7. The molecule has 26 heavy (non-hydrogen) atoms.